The minimum atomic E-state index is -0.243. The maximum absolute atomic E-state index is 11.3. The molecule has 1 heterocycles. The Bertz CT molecular complexity index is 817. The summed E-state index contributed by atoms with van der Waals surface area (Å²) in [7, 11) is 0. The minimum absolute atomic E-state index is 0.215. The first kappa shape index (κ1) is 13.1. The number of aromatic nitrogens is 2. The number of rotatable bonds is 2. The molecule has 0 spiro atoms. The van der Waals surface area contributed by atoms with Crippen molar-refractivity contribution in [3.05, 3.63) is 68.0 Å². The fourth-order valence-electron chi connectivity index (χ4n) is 2.26. The number of halogens is 1. The van der Waals surface area contributed by atoms with E-state index in [4.69, 9.17) is 5.73 Å². The molecule has 0 aliphatic heterocycles. The van der Waals surface area contributed by atoms with Gasteiger partial charge in [0.15, 0.2) is 0 Å². The van der Waals surface area contributed by atoms with Crippen LogP contribution in [0.1, 0.15) is 22.7 Å². The average Bonchev–Trinajstić information content (AvgIpc) is 2.77. The van der Waals surface area contributed by atoms with Crippen LogP contribution in [0.5, 0.6) is 0 Å². The van der Waals surface area contributed by atoms with Crippen LogP contribution in [0.2, 0.25) is 0 Å². The van der Waals surface area contributed by atoms with Crippen molar-refractivity contribution in [2.24, 2.45) is 5.73 Å². The molecule has 1 atom stereocenters. The highest BCUT2D eigenvalue weighted by atomic mass is 79.9. The van der Waals surface area contributed by atoms with E-state index in [1.165, 1.54) is 5.56 Å². The van der Waals surface area contributed by atoms with E-state index in [1.54, 1.807) is 0 Å². The Morgan fingerprint density at radius 1 is 1.10 bits per heavy atom. The van der Waals surface area contributed by atoms with Gasteiger partial charge in [0.25, 0.3) is 0 Å². The van der Waals surface area contributed by atoms with Gasteiger partial charge in [0.05, 0.1) is 17.1 Å². The van der Waals surface area contributed by atoms with E-state index in [-0.39, 0.29) is 11.7 Å². The molecule has 0 amide bonds. The summed E-state index contributed by atoms with van der Waals surface area (Å²) in [6, 6.07) is 11.7. The topological polar surface area (TPSA) is 74.7 Å². The minimum Gasteiger partial charge on any atom is -0.320 e. The number of fused-ring (bicyclic) bond motifs is 1. The van der Waals surface area contributed by atoms with Gasteiger partial charge in [-0.3, -0.25) is 0 Å². The predicted octanol–water partition coefficient (Wildman–Crippen LogP) is 2.98. The lowest BCUT2D eigenvalue weighted by Gasteiger charge is -2.15. The molecule has 0 saturated heterocycles. The van der Waals surface area contributed by atoms with Gasteiger partial charge in [-0.25, -0.2) is 4.79 Å². The van der Waals surface area contributed by atoms with Gasteiger partial charge in [0.2, 0.25) is 0 Å². The van der Waals surface area contributed by atoms with Gasteiger partial charge < -0.3 is 15.7 Å². The molecule has 102 valence electrons. The number of nitrogens with one attached hydrogen (secondary N) is 2. The van der Waals surface area contributed by atoms with Gasteiger partial charge in [-0.1, -0.05) is 45.8 Å². The lowest BCUT2D eigenvalue weighted by Crippen LogP contribution is -2.12. The molecule has 5 heteroatoms. The molecule has 4 N–H and O–H groups in total. The van der Waals surface area contributed by atoms with Crippen molar-refractivity contribution in [3.63, 3.8) is 0 Å². The summed E-state index contributed by atoms with van der Waals surface area (Å²) < 4.78 is 0.883. The van der Waals surface area contributed by atoms with Crippen LogP contribution in [0.15, 0.2) is 45.7 Å². The van der Waals surface area contributed by atoms with Gasteiger partial charge in [-0.15, -0.1) is 0 Å². The number of imidazole rings is 1. The molecule has 1 aromatic heterocycles. The molecular formula is C15H14BrN3O. The Morgan fingerprint density at radius 2 is 1.70 bits per heavy atom. The molecule has 0 aliphatic rings. The number of benzene rings is 2. The summed E-state index contributed by atoms with van der Waals surface area (Å²) in [6.07, 6.45) is 0. The molecule has 0 aliphatic carbocycles. The Morgan fingerprint density at radius 3 is 2.35 bits per heavy atom. The van der Waals surface area contributed by atoms with Crippen LogP contribution in [0, 0.1) is 6.92 Å². The van der Waals surface area contributed by atoms with Gasteiger partial charge in [-0.05, 0) is 30.2 Å². The Hall–Kier alpha value is -1.85. The van der Waals surface area contributed by atoms with Crippen LogP contribution < -0.4 is 11.4 Å². The summed E-state index contributed by atoms with van der Waals surface area (Å²) in [5.74, 6) is 0. The first-order valence-corrected chi connectivity index (χ1v) is 7.07. The van der Waals surface area contributed by atoms with Crippen LogP contribution in [0.4, 0.5) is 0 Å². The summed E-state index contributed by atoms with van der Waals surface area (Å²) in [6.45, 7) is 2.04. The van der Waals surface area contributed by atoms with Gasteiger partial charge in [0, 0.05) is 4.47 Å². The number of aryl methyl sites for hydroxylation is 1. The van der Waals surface area contributed by atoms with Crippen LogP contribution in [0.25, 0.3) is 11.0 Å². The van der Waals surface area contributed by atoms with E-state index in [0.29, 0.717) is 0 Å². The highest BCUT2D eigenvalue weighted by molar-refractivity contribution is 9.10. The number of hydrogen-bond donors (Lipinski definition) is 3. The van der Waals surface area contributed by atoms with Gasteiger partial charge >= 0.3 is 5.69 Å². The second-order valence-electron chi connectivity index (χ2n) is 4.89. The third-order valence-electron chi connectivity index (χ3n) is 3.40. The van der Waals surface area contributed by atoms with Gasteiger partial charge in [-0.2, -0.15) is 0 Å². The standard InChI is InChI=1S/C15H14BrN3O/c1-8-2-4-9(5-3-8)14(17)10-6-12-13(7-11(10)16)19-15(20)18-12/h2-7,14H,17H2,1H3,(H2,18,19,20). The zero-order valence-electron chi connectivity index (χ0n) is 10.9. The molecule has 0 bridgehead atoms. The monoisotopic (exact) mass is 331 g/mol. The van der Waals surface area contributed by atoms with Crippen LogP contribution in [-0.2, 0) is 0 Å². The molecule has 20 heavy (non-hydrogen) atoms. The number of H-pyrrole nitrogens is 2. The summed E-state index contributed by atoms with van der Waals surface area (Å²) in [5, 5.41) is 0. The molecule has 0 fully saturated rings. The zero-order chi connectivity index (χ0) is 14.3. The van der Waals surface area contributed by atoms with E-state index in [2.05, 4.69) is 25.9 Å². The second kappa shape index (κ2) is 4.92. The predicted molar refractivity (Wildman–Crippen MR) is 83.8 cm³/mol. The third kappa shape index (κ3) is 2.30. The van der Waals surface area contributed by atoms with Crippen LogP contribution >= 0.6 is 15.9 Å². The normalized spacial score (nSPS) is 12.8. The van der Waals surface area contributed by atoms with E-state index in [1.807, 2.05) is 43.3 Å². The van der Waals surface area contributed by atoms with E-state index >= 15 is 0 Å². The first-order chi connectivity index (χ1) is 9.54. The zero-order valence-corrected chi connectivity index (χ0v) is 12.5. The SMILES string of the molecule is Cc1ccc(C(N)c2cc3[nH]c(=O)[nH]c3cc2Br)cc1. The van der Waals surface area contributed by atoms with Crippen molar-refractivity contribution < 1.29 is 0 Å². The van der Waals surface area contributed by atoms with Crippen LogP contribution in [-0.4, -0.2) is 9.97 Å². The maximum Gasteiger partial charge on any atom is 0.323 e. The highest BCUT2D eigenvalue weighted by Gasteiger charge is 2.14. The maximum atomic E-state index is 11.3. The quantitative estimate of drug-likeness (QED) is 0.675. The summed E-state index contributed by atoms with van der Waals surface area (Å²) in [4.78, 5) is 16.8. The molecule has 0 radical (unpaired) electrons. The van der Waals surface area contributed by atoms with Crippen molar-refractivity contribution >= 4 is 27.0 Å². The lowest BCUT2D eigenvalue weighted by atomic mass is 9.98. The largest absolute Gasteiger partial charge is 0.323 e. The number of hydrogen-bond acceptors (Lipinski definition) is 2. The van der Waals surface area contributed by atoms with E-state index in [9.17, 15) is 4.79 Å². The number of aromatic amines is 2. The smallest absolute Gasteiger partial charge is 0.320 e. The average molecular weight is 332 g/mol. The van der Waals surface area contributed by atoms with Gasteiger partial charge in [0.1, 0.15) is 0 Å². The molecular weight excluding hydrogens is 318 g/mol. The van der Waals surface area contributed by atoms with Crippen LogP contribution in [0.3, 0.4) is 0 Å². The fraction of sp³-hybridized carbons (Fsp3) is 0.133. The molecule has 4 nitrogen and oxygen atoms in total. The highest BCUT2D eigenvalue weighted by Crippen LogP contribution is 2.29. The number of nitrogens with two attached hydrogens (primary N) is 1. The fourth-order valence-corrected chi connectivity index (χ4v) is 2.85. The van der Waals surface area contributed by atoms with Crippen molar-refractivity contribution in [3.8, 4) is 0 Å². The Balaban J connectivity index is 2.10. The van der Waals surface area contributed by atoms with E-state index in [0.717, 1.165) is 26.6 Å². The molecule has 3 aromatic rings. The summed E-state index contributed by atoms with van der Waals surface area (Å²) >= 11 is 3.52. The Labute approximate surface area is 124 Å². The molecule has 0 saturated carbocycles. The van der Waals surface area contributed by atoms with Crippen molar-refractivity contribution in [1.29, 1.82) is 0 Å². The van der Waals surface area contributed by atoms with Crippen molar-refractivity contribution in [1.82, 2.24) is 9.97 Å². The molecule has 1 unspecified atom stereocenters. The first-order valence-electron chi connectivity index (χ1n) is 6.28. The Kier molecular flexibility index (Phi) is 3.23. The third-order valence-corrected chi connectivity index (χ3v) is 4.09. The summed E-state index contributed by atoms with van der Waals surface area (Å²) in [5.41, 5.74) is 10.8. The van der Waals surface area contributed by atoms with E-state index < -0.39 is 0 Å². The van der Waals surface area contributed by atoms with Crippen molar-refractivity contribution in [2.75, 3.05) is 0 Å². The molecule has 2 aromatic carbocycles. The molecule has 3 rings (SSSR count). The van der Waals surface area contributed by atoms with Crippen molar-refractivity contribution in [2.45, 2.75) is 13.0 Å². The lowest BCUT2D eigenvalue weighted by molar-refractivity contribution is 0.867. The second-order valence-corrected chi connectivity index (χ2v) is 5.74.